The molecule has 0 fully saturated rings. The van der Waals surface area contributed by atoms with Crippen molar-refractivity contribution in [1.29, 1.82) is 0 Å². The Bertz CT molecular complexity index is 210. The molecule has 0 radical (unpaired) electrons. The summed E-state index contributed by atoms with van der Waals surface area (Å²) in [5.41, 5.74) is 0. The Morgan fingerprint density at radius 2 is 1.56 bits per heavy atom. The summed E-state index contributed by atoms with van der Waals surface area (Å²) in [6.45, 7) is 16.8. The van der Waals surface area contributed by atoms with E-state index in [9.17, 15) is 0 Å². The van der Waals surface area contributed by atoms with Crippen LogP contribution in [0.4, 0.5) is 0 Å². The van der Waals surface area contributed by atoms with Crippen LogP contribution in [0.2, 0.25) is 37.3 Å². The topological polar surface area (TPSA) is 9.23 Å². The van der Waals surface area contributed by atoms with E-state index in [4.69, 9.17) is 4.43 Å². The first kappa shape index (κ1) is 16.7. The van der Waals surface area contributed by atoms with Gasteiger partial charge in [-0.2, -0.15) is 11.2 Å². The zero-order valence-corrected chi connectivity index (χ0v) is 15.3. The van der Waals surface area contributed by atoms with Crippen LogP contribution in [0.3, 0.4) is 0 Å². The third-order valence-corrected chi connectivity index (χ3v) is 15.8. The summed E-state index contributed by atoms with van der Waals surface area (Å²) in [6.07, 6.45) is 1.32. The second-order valence-electron chi connectivity index (χ2n) is 6.68. The Morgan fingerprint density at radius 1 is 1.06 bits per heavy atom. The first-order valence-electron chi connectivity index (χ1n) is 6.21. The Labute approximate surface area is 109 Å². The minimum Gasteiger partial charge on any atom is -0.420 e. The van der Waals surface area contributed by atoms with E-state index in [0.717, 1.165) is 0 Å². The molecule has 0 N–H and O–H groups in total. The van der Waals surface area contributed by atoms with E-state index in [2.05, 4.69) is 58.2 Å². The Morgan fingerprint density at radius 3 is 1.94 bits per heavy atom. The molecule has 0 rings (SSSR count). The predicted octanol–water partition coefficient (Wildman–Crippen LogP) is 4.97. The molecule has 0 saturated carbocycles. The van der Waals surface area contributed by atoms with Gasteiger partial charge < -0.3 is 4.43 Å². The maximum Gasteiger partial charge on any atom is 0.186 e. The molecule has 0 aliphatic rings. The number of hydrogen-bond donors (Lipinski definition) is 0. The lowest BCUT2D eigenvalue weighted by Crippen LogP contribution is -2.34. The summed E-state index contributed by atoms with van der Waals surface area (Å²) in [5, 5.41) is 0.506. The fourth-order valence-corrected chi connectivity index (χ4v) is 7.13. The van der Waals surface area contributed by atoms with Crippen LogP contribution in [0.15, 0.2) is 0 Å². The maximum atomic E-state index is 5.58. The van der Waals surface area contributed by atoms with Gasteiger partial charge in [0.25, 0.3) is 0 Å². The van der Waals surface area contributed by atoms with E-state index in [-0.39, 0.29) is 0 Å². The largest absolute Gasteiger partial charge is 0.420 e. The Hall–Kier alpha value is 0.744. The molecule has 0 amide bonds. The lowest BCUT2D eigenvalue weighted by molar-refractivity contribution is 0.403. The van der Waals surface area contributed by atoms with Gasteiger partial charge >= 0.3 is 0 Å². The molecule has 98 valence electrons. The summed E-state index contributed by atoms with van der Waals surface area (Å²) in [7, 11) is -0.569. The van der Waals surface area contributed by atoms with Crippen molar-refractivity contribution in [2.45, 2.75) is 64.5 Å². The molecule has 0 aromatic heterocycles. The molecular weight excluding hydrogens is 248 g/mol. The van der Waals surface area contributed by atoms with Gasteiger partial charge in [-0.1, -0.05) is 33.9 Å². The molecule has 0 spiro atoms. The molecule has 0 aromatic rings. The van der Waals surface area contributed by atoms with E-state index < -0.39 is 15.5 Å². The average Bonchev–Trinajstić information content (AvgIpc) is 2.11. The molecule has 0 aliphatic carbocycles. The molecule has 0 heterocycles. The van der Waals surface area contributed by atoms with Crippen molar-refractivity contribution in [3.05, 3.63) is 0 Å². The van der Waals surface area contributed by atoms with Crippen molar-refractivity contribution < 1.29 is 4.43 Å². The van der Waals surface area contributed by atoms with Gasteiger partial charge in [-0.15, -0.1) is 0 Å². The van der Waals surface area contributed by atoms with E-state index >= 15 is 0 Å². The van der Waals surface area contributed by atoms with Gasteiger partial charge in [0, 0.05) is 7.11 Å². The summed E-state index contributed by atoms with van der Waals surface area (Å²) >= 11 is 2.24. The average molecular weight is 279 g/mol. The first-order valence-corrected chi connectivity index (χ1v) is 14.0. The highest BCUT2D eigenvalue weighted by Crippen LogP contribution is 2.43. The highest BCUT2D eigenvalue weighted by atomic mass is 32.4. The van der Waals surface area contributed by atoms with E-state index in [1.54, 1.807) is 0 Å². The Kier molecular flexibility index (Phi) is 6.35. The van der Waals surface area contributed by atoms with E-state index in [0.29, 0.717) is 5.04 Å². The van der Waals surface area contributed by atoms with Crippen LogP contribution in [0, 0.1) is 0 Å². The predicted molar refractivity (Wildman–Crippen MR) is 83.6 cm³/mol. The van der Waals surface area contributed by atoms with E-state index in [1.807, 2.05) is 7.11 Å². The van der Waals surface area contributed by atoms with Crippen LogP contribution in [-0.2, 0) is 4.43 Å². The lowest BCUT2D eigenvalue weighted by atomic mass is 10.2. The van der Waals surface area contributed by atoms with Gasteiger partial charge in [-0.3, -0.25) is 0 Å². The zero-order chi connectivity index (χ0) is 13.0. The van der Waals surface area contributed by atoms with E-state index in [1.165, 1.54) is 18.2 Å². The normalized spacial score (nSPS) is 14.2. The van der Waals surface area contributed by atoms with Gasteiger partial charge in [-0.05, 0) is 36.4 Å². The molecule has 1 nitrogen and oxygen atoms in total. The molecular formula is C12H30OSSi2. The molecule has 0 aliphatic heterocycles. The SMILES string of the molecule is CO[Si](C)(C)CCCS[Si](C)(C)C(C)(C)C. The maximum absolute atomic E-state index is 5.58. The van der Waals surface area contributed by atoms with Gasteiger partial charge in [0.1, 0.15) is 7.22 Å². The van der Waals surface area contributed by atoms with Gasteiger partial charge in [-0.25, -0.2) is 0 Å². The molecule has 0 saturated heterocycles. The van der Waals surface area contributed by atoms with Crippen LogP contribution in [0.25, 0.3) is 0 Å². The molecule has 0 bridgehead atoms. The summed E-state index contributed by atoms with van der Waals surface area (Å²) in [6, 6.07) is 1.30. The third-order valence-electron chi connectivity index (χ3n) is 3.74. The van der Waals surface area contributed by atoms with Crippen LogP contribution < -0.4 is 0 Å². The zero-order valence-electron chi connectivity index (χ0n) is 12.4. The third kappa shape index (κ3) is 5.89. The second kappa shape index (κ2) is 6.07. The van der Waals surface area contributed by atoms with Crippen LogP contribution in [-0.4, -0.2) is 28.4 Å². The number of hydrogen-bond acceptors (Lipinski definition) is 2. The summed E-state index contributed by atoms with van der Waals surface area (Å²) in [4.78, 5) is 0. The fraction of sp³-hybridized carbons (Fsp3) is 1.00. The monoisotopic (exact) mass is 278 g/mol. The fourth-order valence-electron chi connectivity index (χ4n) is 1.14. The smallest absolute Gasteiger partial charge is 0.186 e. The van der Waals surface area contributed by atoms with Crippen LogP contribution in [0.5, 0.6) is 0 Å². The summed E-state index contributed by atoms with van der Waals surface area (Å²) < 4.78 is 5.58. The Balaban J connectivity index is 3.92. The van der Waals surface area contributed by atoms with Crippen molar-refractivity contribution in [3.8, 4) is 0 Å². The van der Waals surface area contributed by atoms with Gasteiger partial charge in [0.2, 0.25) is 0 Å². The number of rotatable bonds is 6. The minimum absolute atomic E-state index is 0.506. The lowest BCUT2D eigenvalue weighted by Gasteiger charge is -2.36. The van der Waals surface area contributed by atoms with Gasteiger partial charge in [0.05, 0.1) is 0 Å². The molecule has 0 atom stereocenters. The van der Waals surface area contributed by atoms with Crippen molar-refractivity contribution in [2.24, 2.45) is 0 Å². The molecule has 4 heteroatoms. The molecule has 0 aromatic carbocycles. The highest BCUT2D eigenvalue weighted by molar-refractivity contribution is 8.29. The first-order chi connectivity index (χ1) is 7.02. The standard InChI is InChI=1S/C12H30OSSi2/c1-12(2,3)16(7,8)14-10-9-11-15(5,6)13-4/h9-11H2,1-8H3. The van der Waals surface area contributed by atoms with Crippen LogP contribution in [0.1, 0.15) is 27.2 Å². The second-order valence-corrected chi connectivity index (χ2v) is 20.2. The van der Waals surface area contributed by atoms with Crippen molar-refractivity contribution in [1.82, 2.24) is 0 Å². The van der Waals surface area contributed by atoms with Gasteiger partial charge in [0.15, 0.2) is 8.32 Å². The molecule has 16 heavy (non-hydrogen) atoms. The quantitative estimate of drug-likeness (QED) is 0.501. The van der Waals surface area contributed by atoms with Crippen molar-refractivity contribution >= 4 is 26.8 Å². The highest BCUT2D eigenvalue weighted by Gasteiger charge is 2.35. The minimum atomic E-state index is -1.32. The van der Waals surface area contributed by atoms with Crippen molar-refractivity contribution in [2.75, 3.05) is 12.9 Å². The molecule has 0 unspecified atom stereocenters. The summed E-state index contributed by atoms with van der Waals surface area (Å²) in [5.74, 6) is 1.32. The van der Waals surface area contributed by atoms with Crippen molar-refractivity contribution in [3.63, 3.8) is 0 Å². The van der Waals surface area contributed by atoms with Crippen LogP contribution >= 0.6 is 11.2 Å².